The second kappa shape index (κ2) is 8.63. The molecule has 1 aliphatic carbocycles. The average Bonchev–Trinajstić information content (AvgIpc) is 3.25. The van der Waals surface area contributed by atoms with Crippen LogP contribution >= 0.6 is 0 Å². The molecule has 2 aliphatic rings. The maximum Gasteiger partial charge on any atom is 0.318 e. The first-order valence-electron chi connectivity index (χ1n) is 10.3. The van der Waals surface area contributed by atoms with Crippen molar-refractivity contribution < 1.29 is 14.1 Å². The van der Waals surface area contributed by atoms with Crippen molar-refractivity contribution in [1.29, 1.82) is 0 Å². The van der Waals surface area contributed by atoms with Crippen LogP contribution in [0.1, 0.15) is 63.3 Å². The molecule has 7 nitrogen and oxygen atoms in total. The number of carbonyl (C=O) groups is 1. The van der Waals surface area contributed by atoms with Crippen LogP contribution in [0.25, 0.3) is 11.4 Å². The van der Waals surface area contributed by atoms with Crippen molar-refractivity contribution in [3.8, 4) is 17.1 Å². The lowest BCUT2D eigenvalue weighted by atomic mass is 9.95. The Morgan fingerprint density at radius 2 is 2.00 bits per heavy atom. The number of nitrogens with zero attached hydrogens (tertiary/aromatic N) is 3. The van der Waals surface area contributed by atoms with Crippen molar-refractivity contribution >= 4 is 6.03 Å². The SMILES string of the molecule is COc1cccc(-c2noc([C@@H]3CCCCN3C(=O)NC3CCCCC3)n2)c1. The quantitative estimate of drug-likeness (QED) is 0.849. The molecule has 0 bridgehead atoms. The van der Waals surface area contributed by atoms with Gasteiger partial charge < -0.3 is 19.5 Å². The van der Waals surface area contributed by atoms with Crippen LogP contribution in [0.5, 0.6) is 5.75 Å². The van der Waals surface area contributed by atoms with E-state index in [4.69, 9.17) is 9.26 Å². The lowest BCUT2D eigenvalue weighted by Crippen LogP contribution is -2.48. The predicted octanol–water partition coefficient (Wildman–Crippen LogP) is 4.31. The van der Waals surface area contributed by atoms with Gasteiger partial charge in [0.1, 0.15) is 11.8 Å². The van der Waals surface area contributed by atoms with Crippen LogP contribution in [0, 0.1) is 0 Å². The minimum atomic E-state index is -0.163. The molecule has 0 radical (unpaired) electrons. The Labute approximate surface area is 165 Å². The molecule has 1 saturated heterocycles. The van der Waals surface area contributed by atoms with Crippen LogP contribution in [-0.2, 0) is 0 Å². The van der Waals surface area contributed by atoms with Crippen LogP contribution in [0.3, 0.4) is 0 Å². The monoisotopic (exact) mass is 384 g/mol. The molecule has 7 heteroatoms. The number of amides is 2. The molecule has 1 aromatic carbocycles. The summed E-state index contributed by atoms with van der Waals surface area (Å²) in [5, 5.41) is 7.37. The molecule has 2 fully saturated rings. The maximum atomic E-state index is 12.9. The van der Waals surface area contributed by atoms with Gasteiger partial charge in [-0.15, -0.1) is 0 Å². The van der Waals surface area contributed by atoms with Crippen molar-refractivity contribution in [3.63, 3.8) is 0 Å². The molecule has 1 aliphatic heterocycles. The molecule has 2 heterocycles. The molecular weight excluding hydrogens is 356 g/mol. The summed E-state index contributed by atoms with van der Waals surface area (Å²) in [5.41, 5.74) is 0.836. The van der Waals surface area contributed by atoms with Crippen molar-refractivity contribution in [3.05, 3.63) is 30.2 Å². The Kier molecular flexibility index (Phi) is 5.78. The number of urea groups is 1. The zero-order valence-corrected chi connectivity index (χ0v) is 16.4. The molecule has 4 rings (SSSR count). The second-order valence-electron chi connectivity index (χ2n) is 7.68. The highest BCUT2D eigenvalue weighted by Gasteiger charge is 2.33. The van der Waals surface area contributed by atoms with Crippen LogP contribution < -0.4 is 10.1 Å². The van der Waals surface area contributed by atoms with Gasteiger partial charge in [0.2, 0.25) is 11.7 Å². The summed E-state index contributed by atoms with van der Waals surface area (Å²) in [4.78, 5) is 19.4. The number of carbonyl (C=O) groups excluding carboxylic acids is 1. The number of hydrogen-bond acceptors (Lipinski definition) is 5. The van der Waals surface area contributed by atoms with E-state index in [2.05, 4.69) is 15.5 Å². The average molecular weight is 384 g/mol. The zero-order valence-electron chi connectivity index (χ0n) is 16.4. The van der Waals surface area contributed by atoms with Gasteiger partial charge >= 0.3 is 6.03 Å². The highest BCUT2D eigenvalue weighted by Crippen LogP contribution is 2.32. The van der Waals surface area contributed by atoms with E-state index < -0.39 is 0 Å². The molecule has 2 aromatic rings. The van der Waals surface area contributed by atoms with Crippen molar-refractivity contribution in [2.75, 3.05) is 13.7 Å². The fourth-order valence-electron chi connectivity index (χ4n) is 4.19. The van der Waals surface area contributed by atoms with Gasteiger partial charge in [0.05, 0.1) is 7.11 Å². The lowest BCUT2D eigenvalue weighted by molar-refractivity contribution is 0.127. The Morgan fingerprint density at radius 1 is 1.18 bits per heavy atom. The number of methoxy groups -OCH3 is 1. The molecule has 0 spiro atoms. The fraction of sp³-hybridized carbons (Fsp3) is 0.571. The number of hydrogen-bond donors (Lipinski definition) is 1. The molecular formula is C21H28N4O3. The summed E-state index contributed by atoms with van der Waals surface area (Å²) in [6.45, 7) is 0.722. The Hall–Kier alpha value is -2.57. The summed E-state index contributed by atoms with van der Waals surface area (Å²) in [6, 6.07) is 7.70. The van der Waals surface area contributed by atoms with Crippen LogP contribution in [0.4, 0.5) is 4.79 Å². The third-order valence-corrected chi connectivity index (χ3v) is 5.75. The molecule has 150 valence electrons. The topological polar surface area (TPSA) is 80.5 Å². The summed E-state index contributed by atoms with van der Waals surface area (Å²) in [6.07, 6.45) is 8.71. The predicted molar refractivity (Wildman–Crippen MR) is 105 cm³/mol. The molecule has 0 unspecified atom stereocenters. The second-order valence-corrected chi connectivity index (χ2v) is 7.68. The minimum absolute atomic E-state index is 0.00210. The molecule has 2 amide bonds. The third kappa shape index (κ3) is 4.13. The van der Waals surface area contributed by atoms with Gasteiger partial charge in [-0.2, -0.15) is 4.98 Å². The van der Waals surface area contributed by atoms with Gasteiger partial charge in [-0.1, -0.05) is 36.6 Å². The number of likely N-dealkylation sites (tertiary alicyclic amines) is 1. The first-order valence-corrected chi connectivity index (χ1v) is 10.3. The first-order chi connectivity index (χ1) is 13.7. The highest BCUT2D eigenvalue weighted by molar-refractivity contribution is 5.75. The van der Waals surface area contributed by atoms with E-state index in [0.717, 1.165) is 50.0 Å². The van der Waals surface area contributed by atoms with Gasteiger partial charge in [-0.05, 0) is 44.2 Å². The number of benzene rings is 1. The number of ether oxygens (including phenoxy) is 1. The van der Waals surface area contributed by atoms with Crippen molar-refractivity contribution in [2.24, 2.45) is 0 Å². The van der Waals surface area contributed by atoms with Crippen molar-refractivity contribution in [2.45, 2.75) is 63.5 Å². The van der Waals surface area contributed by atoms with E-state index in [9.17, 15) is 4.79 Å². The normalized spacial score (nSPS) is 20.8. The number of nitrogens with one attached hydrogen (secondary N) is 1. The summed E-state index contributed by atoms with van der Waals surface area (Å²) in [7, 11) is 1.63. The summed E-state index contributed by atoms with van der Waals surface area (Å²) in [5.74, 6) is 1.78. The fourth-order valence-corrected chi connectivity index (χ4v) is 4.19. The largest absolute Gasteiger partial charge is 0.497 e. The van der Waals surface area contributed by atoms with E-state index in [1.165, 1.54) is 19.3 Å². The zero-order chi connectivity index (χ0) is 19.3. The Balaban J connectivity index is 1.49. The maximum absolute atomic E-state index is 12.9. The minimum Gasteiger partial charge on any atom is -0.497 e. The summed E-state index contributed by atoms with van der Waals surface area (Å²) < 4.78 is 10.9. The van der Waals surface area contributed by atoms with Gasteiger partial charge in [-0.25, -0.2) is 4.79 Å². The van der Waals surface area contributed by atoms with Crippen LogP contribution in [-0.4, -0.2) is 40.8 Å². The number of aromatic nitrogens is 2. The number of piperidine rings is 1. The molecule has 1 N–H and O–H groups in total. The first kappa shape index (κ1) is 18.8. The Morgan fingerprint density at radius 3 is 2.82 bits per heavy atom. The smallest absolute Gasteiger partial charge is 0.318 e. The van der Waals surface area contributed by atoms with E-state index >= 15 is 0 Å². The van der Waals surface area contributed by atoms with Gasteiger partial charge in [0.25, 0.3) is 0 Å². The Bertz CT molecular complexity index is 800. The lowest BCUT2D eigenvalue weighted by Gasteiger charge is -2.35. The van der Waals surface area contributed by atoms with Crippen molar-refractivity contribution in [1.82, 2.24) is 20.4 Å². The van der Waals surface area contributed by atoms with E-state index in [0.29, 0.717) is 17.8 Å². The van der Waals surface area contributed by atoms with Gasteiger partial charge in [0, 0.05) is 18.2 Å². The van der Waals surface area contributed by atoms with Crippen LogP contribution in [0.15, 0.2) is 28.8 Å². The summed E-state index contributed by atoms with van der Waals surface area (Å²) >= 11 is 0. The third-order valence-electron chi connectivity index (χ3n) is 5.75. The molecule has 1 saturated carbocycles. The van der Waals surface area contributed by atoms with E-state index in [1.807, 2.05) is 29.2 Å². The molecule has 1 aromatic heterocycles. The molecule has 28 heavy (non-hydrogen) atoms. The van der Waals surface area contributed by atoms with Gasteiger partial charge in [-0.3, -0.25) is 0 Å². The van der Waals surface area contributed by atoms with E-state index in [1.54, 1.807) is 7.11 Å². The van der Waals surface area contributed by atoms with Gasteiger partial charge in [0.15, 0.2) is 0 Å². The highest BCUT2D eigenvalue weighted by atomic mass is 16.5. The van der Waals surface area contributed by atoms with Crippen LogP contribution in [0.2, 0.25) is 0 Å². The van der Waals surface area contributed by atoms with E-state index in [-0.39, 0.29) is 12.1 Å². The number of rotatable bonds is 4. The molecule has 1 atom stereocenters. The standard InChI is InChI=1S/C21H28N4O3/c1-27-17-11-7-8-15(14-17)19-23-20(28-24-19)18-12-5-6-13-25(18)21(26)22-16-9-3-2-4-10-16/h7-8,11,14,16,18H,2-6,9-10,12-13H2,1H3,(H,22,26)/t18-/m0/s1.